The summed E-state index contributed by atoms with van der Waals surface area (Å²) in [7, 11) is 0. The monoisotopic (exact) mass is 257 g/mol. The molecule has 1 fully saturated rings. The fraction of sp³-hybridized carbons (Fsp3) is 0.400. The number of aromatic nitrogens is 1. The number of hydrogen-bond acceptors (Lipinski definition) is 5. The second kappa shape index (κ2) is 5.82. The number of thioether (sulfide) groups is 3. The minimum Gasteiger partial charge on any atom is -0.285 e. The van der Waals surface area contributed by atoms with Crippen molar-refractivity contribution in [2.24, 2.45) is 0 Å². The number of nitrogens with zero attached hydrogens (tertiary/aromatic N) is 1. The molecule has 0 radical (unpaired) electrons. The SMILES string of the molecule is O=C(Sc1ccccn1)C1SCCCS1. The topological polar surface area (TPSA) is 30.0 Å². The molecule has 0 spiro atoms. The average Bonchev–Trinajstić information content (AvgIpc) is 2.31. The van der Waals surface area contributed by atoms with Crippen LogP contribution >= 0.6 is 35.3 Å². The number of carbonyl (C=O) groups is 1. The number of hydrogen-bond donors (Lipinski definition) is 0. The molecule has 2 rings (SSSR count). The summed E-state index contributed by atoms with van der Waals surface area (Å²) in [5.74, 6) is 2.21. The average molecular weight is 257 g/mol. The molecule has 1 aliphatic rings. The largest absolute Gasteiger partial charge is 0.285 e. The summed E-state index contributed by atoms with van der Waals surface area (Å²) in [6.45, 7) is 0. The summed E-state index contributed by atoms with van der Waals surface area (Å²) in [6.07, 6.45) is 2.93. The van der Waals surface area contributed by atoms with Crippen LogP contribution in [0.2, 0.25) is 0 Å². The van der Waals surface area contributed by atoms with E-state index in [1.54, 1.807) is 29.7 Å². The lowest BCUT2D eigenvalue weighted by Gasteiger charge is -2.18. The Morgan fingerprint density at radius 3 is 2.87 bits per heavy atom. The molecule has 0 N–H and O–H groups in total. The van der Waals surface area contributed by atoms with Crippen LogP contribution in [0, 0.1) is 0 Å². The first-order chi connectivity index (χ1) is 7.36. The maximum absolute atomic E-state index is 11.8. The van der Waals surface area contributed by atoms with Gasteiger partial charge in [0.1, 0.15) is 9.61 Å². The van der Waals surface area contributed by atoms with Gasteiger partial charge in [-0.1, -0.05) is 6.07 Å². The Morgan fingerprint density at radius 1 is 1.40 bits per heavy atom. The van der Waals surface area contributed by atoms with E-state index in [-0.39, 0.29) is 9.70 Å². The lowest BCUT2D eigenvalue weighted by atomic mass is 10.5. The Balaban J connectivity index is 1.91. The van der Waals surface area contributed by atoms with Crippen LogP contribution in [-0.4, -0.2) is 26.2 Å². The molecule has 1 aliphatic heterocycles. The number of pyridine rings is 1. The Hall–Kier alpha value is -0.130. The molecule has 2 nitrogen and oxygen atoms in total. The van der Waals surface area contributed by atoms with Crippen molar-refractivity contribution in [1.29, 1.82) is 0 Å². The normalized spacial score (nSPS) is 17.6. The Kier molecular flexibility index (Phi) is 4.41. The van der Waals surface area contributed by atoms with Gasteiger partial charge >= 0.3 is 0 Å². The summed E-state index contributed by atoms with van der Waals surface area (Å²) in [5.41, 5.74) is 0. The fourth-order valence-corrected chi connectivity index (χ4v) is 4.91. The molecule has 0 aromatic carbocycles. The predicted molar refractivity (Wildman–Crippen MR) is 68.4 cm³/mol. The predicted octanol–water partition coefficient (Wildman–Crippen LogP) is 2.90. The van der Waals surface area contributed by atoms with Gasteiger partial charge in [0.2, 0.25) is 5.12 Å². The van der Waals surface area contributed by atoms with Crippen molar-refractivity contribution in [1.82, 2.24) is 4.98 Å². The van der Waals surface area contributed by atoms with Gasteiger partial charge in [-0.05, 0) is 41.8 Å². The third-order valence-electron chi connectivity index (χ3n) is 1.86. The van der Waals surface area contributed by atoms with Gasteiger partial charge in [0.15, 0.2) is 0 Å². The van der Waals surface area contributed by atoms with Gasteiger partial charge in [0.05, 0.1) is 0 Å². The summed E-state index contributed by atoms with van der Waals surface area (Å²) in [6, 6.07) is 5.64. The molecule has 1 aromatic rings. The van der Waals surface area contributed by atoms with Gasteiger partial charge in [-0.15, -0.1) is 23.5 Å². The lowest BCUT2D eigenvalue weighted by molar-refractivity contribution is -0.109. The maximum atomic E-state index is 11.8. The molecule has 15 heavy (non-hydrogen) atoms. The second-order valence-corrected chi connectivity index (χ2v) is 6.77. The quantitative estimate of drug-likeness (QED) is 0.760. The minimum atomic E-state index is 0.103. The van der Waals surface area contributed by atoms with E-state index in [0.29, 0.717) is 0 Å². The van der Waals surface area contributed by atoms with Gasteiger partial charge in [-0.3, -0.25) is 4.79 Å². The van der Waals surface area contributed by atoms with Gasteiger partial charge in [-0.25, -0.2) is 4.98 Å². The van der Waals surface area contributed by atoms with Crippen molar-refractivity contribution in [3.8, 4) is 0 Å². The van der Waals surface area contributed by atoms with Crippen LogP contribution in [0.1, 0.15) is 6.42 Å². The first-order valence-electron chi connectivity index (χ1n) is 4.72. The molecule has 0 atom stereocenters. The molecular weight excluding hydrogens is 246 g/mol. The first kappa shape index (κ1) is 11.4. The van der Waals surface area contributed by atoms with Gasteiger partial charge in [0.25, 0.3) is 0 Å². The van der Waals surface area contributed by atoms with Crippen molar-refractivity contribution < 1.29 is 4.79 Å². The van der Waals surface area contributed by atoms with Crippen molar-refractivity contribution in [3.63, 3.8) is 0 Å². The smallest absolute Gasteiger partial charge is 0.218 e. The molecule has 80 valence electrons. The van der Waals surface area contributed by atoms with E-state index in [2.05, 4.69) is 4.98 Å². The summed E-state index contributed by atoms with van der Waals surface area (Å²) in [5, 5.41) is 1.03. The van der Waals surface area contributed by atoms with E-state index in [1.807, 2.05) is 18.2 Å². The Morgan fingerprint density at radius 2 is 2.20 bits per heavy atom. The number of carbonyl (C=O) groups excluding carboxylic acids is 1. The molecule has 0 unspecified atom stereocenters. The molecule has 2 heterocycles. The van der Waals surface area contributed by atoms with Gasteiger partial charge < -0.3 is 0 Å². The van der Waals surface area contributed by atoms with Crippen LogP contribution in [0.4, 0.5) is 0 Å². The van der Waals surface area contributed by atoms with E-state index >= 15 is 0 Å². The molecule has 0 aliphatic carbocycles. The van der Waals surface area contributed by atoms with E-state index in [0.717, 1.165) is 16.5 Å². The Bertz CT molecular complexity index is 325. The molecular formula is C10H11NOS3. The van der Waals surface area contributed by atoms with Crippen LogP contribution in [0.5, 0.6) is 0 Å². The van der Waals surface area contributed by atoms with Gasteiger partial charge in [-0.2, -0.15) is 0 Å². The van der Waals surface area contributed by atoms with Crippen LogP contribution in [0.3, 0.4) is 0 Å². The lowest BCUT2D eigenvalue weighted by Crippen LogP contribution is -2.15. The van der Waals surface area contributed by atoms with E-state index < -0.39 is 0 Å². The zero-order valence-electron chi connectivity index (χ0n) is 8.09. The molecule has 0 amide bonds. The zero-order valence-corrected chi connectivity index (χ0v) is 10.5. The fourth-order valence-electron chi connectivity index (χ4n) is 1.18. The molecule has 1 aromatic heterocycles. The highest BCUT2D eigenvalue weighted by molar-refractivity contribution is 8.24. The second-order valence-electron chi connectivity index (χ2n) is 3.02. The summed E-state index contributed by atoms with van der Waals surface area (Å²) >= 11 is 4.77. The maximum Gasteiger partial charge on any atom is 0.218 e. The van der Waals surface area contributed by atoms with Crippen LogP contribution in [0.15, 0.2) is 29.4 Å². The standard InChI is InChI=1S/C10H11NOS3/c12-9(10-13-6-3-7-14-10)15-8-4-1-2-5-11-8/h1-2,4-5,10H,3,6-7H2. The van der Waals surface area contributed by atoms with Crippen LogP contribution in [-0.2, 0) is 4.79 Å². The minimum absolute atomic E-state index is 0.103. The van der Waals surface area contributed by atoms with E-state index in [4.69, 9.17) is 0 Å². The van der Waals surface area contributed by atoms with E-state index in [9.17, 15) is 4.79 Å². The third-order valence-corrected chi connectivity index (χ3v) is 5.95. The van der Waals surface area contributed by atoms with Crippen molar-refractivity contribution >= 4 is 40.4 Å². The van der Waals surface area contributed by atoms with Gasteiger partial charge in [0, 0.05) is 6.20 Å². The molecule has 0 bridgehead atoms. The summed E-state index contributed by atoms with van der Waals surface area (Å²) < 4.78 is 0.103. The van der Waals surface area contributed by atoms with E-state index in [1.165, 1.54) is 18.2 Å². The molecule has 5 heteroatoms. The molecule has 1 saturated heterocycles. The highest BCUT2D eigenvalue weighted by atomic mass is 32.2. The van der Waals surface area contributed by atoms with Crippen LogP contribution in [0.25, 0.3) is 0 Å². The third kappa shape index (κ3) is 3.43. The molecule has 0 saturated carbocycles. The van der Waals surface area contributed by atoms with Crippen LogP contribution < -0.4 is 0 Å². The highest BCUT2D eigenvalue weighted by Gasteiger charge is 2.23. The van der Waals surface area contributed by atoms with Crippen molar-refractivity contribution in [3.05, 3.63) is 24.4 Å². The summed E-state index contributed by atoms with van der Waals surface area (Å²) in [4.78, 5) is 16.0. The van der Waals surface area contributed by atoms with Crippen molar-refractivity contribution in [2.75, 3.05) is 11.5 Å². The Labute approximate surface area is 102 Å². The number of rotatable bonds is 2. The highest BCUT2D eigenvalue weighted by Crippen LogP contribution is 2.35. The first-order valence-corrected chi connectivity index (χ1v) is 7.63. The van der Waals surface area contributed by atoms with Crippen molar-refractivity contribution in [2.45, 2.75) is 16.0 Å². The zero-order chi connectivity index (χ0) is 10.5.